The summed E-state index contributed by atoms with van der Waals surface area (Å²) in [5.74, 6) is 1.54. The van der Waals surface area contributed by atoms with E-state index in [4.69, 9.17) is 28.4 Å². The summed E-state index contributed by atoms with van der Waals surface area (Å²) in [5, 5.41) is 5.75. The van der Waals surface area contributed by atoms with Crippen LogP contribution in [0.5, 0.6) is 23.0 Å². The fourth-order valence-electron chi connectivity index (χ4n) is 5.32. The molecule has 0 fully saturated rings. The monoisotopic (exact) mass is 618 g/mol. The van der Waals surface area contributed by atoms with Crippen molar-refractivity contribution in [1.29, 1.82) is 0 Å². The smallest absolute Gasteiger partial charge is 0.313 e. The zero-order valence-corrected chi connectivity index (χ0v) is 25.6. The molecule has 234 valence electrons. The van der Waals surface area contributed by atoms with Gasteiger partial charge in [0.25, 0.3) is 0 Å². The van der Waals surface area contributed by atoms with E-state index >= 15 is 0 Å². The number of benzene rings is 6. The summed E-state index contributed by atoms with van der Waals surface area (Å²) in [6.07, 6.45) is -0.640. The molecule has 0 aliphatic carbocycles. The number of carbonyl (C=O) groups excluding carboxylic acids is 2. The lowest BCUT2D eigenvalue weighted by Crippen LogP contribution is -2.20. The van der Waals surface area contributed by atoms with Gasteiger partial charge in [0.05, 0.1) is 25.0 Å². The molecule has 8 heteroatoms. The lowest BCUT2D eigenvalue weighted by molar-refractivity contribution is -0.139. The summed E-state index contributed by atoms with van der Waals surface area (Å²) in [6, 6.07) is 34.0. The molecule has 6 aromatic rings. The first-order chi connectivity index (χ1) is 22.4. The summed E-state index contributed by atoms with van der Waals surface area (Å²) in [4.78, 5) is 25.2. The third-order valence-corrected chi connectivity index (χ3v) is 7.58. The van der Waals surface area contributed by atoms with Gasteiger partial charge in [-0.15, -0.1) is 0 Å². The number of hydrogen-bond acceptors (Lipinski definition) is 8. The average molecular weight is 619 g/mol. The fraction of sp³-hybridized carbons (Fsp3) is 0.211. The Balaban J connectivity index is 1.10. The molecule has 0 aliphatic heterocycles. The van der Waals surface area contributed by atoms with Crippen molar-refractivity contribution in [3.8, 4) is 23.0 Å². The van der Waals surface area contributed by atoms with Crippen molar-refractivity contribution in [3.63, 3.8) is 0 Å². The third-order valence-electron chi connectivity index (χ3n) is 7.58. The SMILES string of the molecule is CC(CC(=O)Oc1ccccc1)OCOc1ccc2ccc3c(OC(=O)CC(C)OCOc4ccccc4)ccc4ccc1c2c43. The summed E-state index contributed by atoms with van der Waals surface area (Å²) in [6.45, 7) is 3.60. The van der Waals surface area contributed by atoms with Crippen LogP contribution in [-0.2, 0) is 19.1 Å². The molecule has 0 N–H and O–H groups in total. The molecule has 0 amide bonds. The van der Waals surface area contributed by atoms with Crippen LogP contribution in [0.3, 0.4) is 0 Å². The lowest BCUT2D eigenvalue weighted by Gasteiger charge is -2.18. The molecule has 0 saturated carbocycles. The first kappa shape index (κ1) is 30.8. The van der Waals surface area contributed by atoms with Gasteiger partial charge in [-0.2, -0.15) is 0 Å². The van der Waals surface area contributed by atoms with Crippen molar-refractivity contribution in [1.82, 2.24) is 0 Å². The minimum Gasteiger partial charge on any atom is -0.468 e. The van der Waals surface area contributed by atoms with E-state index in [2.05, 4.69) is 0 Å². The van der Waals surface area contributed by atoms with E-state index in [-0.39, 0.29) is 32.4 Å². The van der Waals surface area contributed by atoms with Gasteiger partial charge in [-0.3, -0.25) is 9.59 Å². The summed E-state index contributed by atoms with van der Waals surface area (Å²) >= 11 is 0. The molecule has 2 unspecified atom stereocenters. The highest BCUT2D eigenvalue weighted by Gasteiger charge is 2.18. The standard InChI is InChI=1S/C38H34O8/c1-25(21-35(39)45-30-11-7-4-8-12-30)42-24-44-33-19-15-27-14-18-32-34(20-16-28-13-17-31(33)37(27)38(28)32)46-36(40)22-26(2)41-23-43-29-9-5-3-6-10-29/h3-20,25-26H,21-24H2,1-2H3. The molecule has 0 radical (unpaired) electrons. The Hall–Kier alpha value is -5.18. The lowest BCUT2D eigenvalue weighted by atomic mass is 9.93. The topological polar surface area (TPSA) is 89.5 Å². The summed E-state index contributed by atoms with van der Waals surface area (Å²) < 4.78 is 34.3. The minimum atomic E-state index is -0.405. The predicted molar refractivity (Wildman–Crippen MR) is 176 cm³/mol. The molecule has 0 bridgehead atoms. The van der Waals surface area contributed by atoms with Gasteiger partial charge in [0.15, 0.2) is 13.6 Å². The van der Waals surface area contributed by atoms with E-state index in [9.17, 15) is 9.59 Å². The highest BCUT2D eigenvalue weighted by Crippen LogP contribution is 2.41. The Morgan fingerprint density at radius 2 is 1.00 bits per heavy atom. The van der Waals surface area contributed by atoms with Gasteiger partial charge >= 0.3 is 11.9 Å². The molecule has 6 rings (SSSR count). The number of carbonyl (C=O) groups is 2. The van der Waals surface area contributed by atoms with Gasteiger partial charge < -0.3 is 28.4 Å². The van der Waals surface area contributed by atoms with Crippen LogP contribution in [-0.4, -0.2) is 37.7 Å². The Morgan fingerprint density at radius 3 is 1.61 bits per heavy atom. The van der Waals surface area contributed by atoms with Crippen molar-refractivity contribution in [2.75, 3.05) is 13.6 Å². The van der Waals surface area contributed by atoms with Crippen molar-refractivity contribution >= 4 is 44.3 Å². The molecule has 46 heavy (non-hydrogen) atoms. The zero-order valence-electron chi connectivity index (χ0n) is 25.6. The second-order valence-electron chi connectivity index (χ2n) is 11.0. The highest BCUT2D eigenvalue weighted by molar-refractivity contribution is 6.25. The first-order valence-electron chi connectivity index (χ1n) is 15.2. The van der Waals surface area contributed by atoms with E-state index in [0.717, 1.165) is 32.3 Å². The minimum absolute atomic E-state index is 0.0341. The van der Waals surface area contributed by atoms with E-state index in [1.165, 1.54) is 0 Å². The van der Waals surface area contributed by atoms with Crippen LogP contribution >= 0.6 is 0 Å². The van der Waals surface area contributed by atoms with Crippen molar-refractivity contribution in [2.24, 2.45) is 0 Å². The molecule has 8 nitrogen and oxygen atoms in total. The molecule has 0 saturated heterocycles. The normalized spacial score (nSPS) is 12.7. The largest absolute Gasteiger partial charge is 0.468 e. The Bertz CT molecular complexity index is 1920. The first-order valence-corrected chi connectivity index (χ1v) is 15.2. The van der Waals surface area contributed by atoms with Crippen molar-refractivity contribution in [3.05, 3.63) is 109 Å². The number of para-hydroxylation sites is 2. The number of esters is 2. The highest BCUT2D eigenvalue weighted by atomic mass is 16.7. The van der Waals surface area contributed by atoms with Gasteiger partial charge in [0.1, 0.15) is 23.0 Å². The summed E-state index contributed by atoms with van der Waals surface area (Å²) in [7, 11) is 0. The van der Waals surface area contributed by atoms with Gasteiger partial charge in [0, 0.05) is 21.5 Å². The van der Waals surface area contributed by atoms with E-state index in [1.54, 1.807) is 19.1 Å². The molecule has 0 heterocycles. The number of hydrogen-bond donors (Lipinski definition) is 0. The van der Waals surface area contributed by atoms with Gasteiger partial charge in [-0.1, -0.05) is 60.7 Å². The maximum absolute atomic E-state index is 12.9. The van der Waals surface area contributed by atoms with Gasteiger partial charge in [-0.25, -0.2) is 0 Å². The summed E-state index contributed by atoms with van der Waals surface area (Å²) in [5.41, 5.74) is 0. The zero-order chi connectivity index (χ0) is 31.9. The van der Waals surface area contributed by atoms with E-state index < -0.39 is 18.2 Å². The van der Waals surface area contributed by atoms with Crippen molar-refractivity contribution < 1.29 is 38.0 Å². The molecule has 6 aromatic carbocycles. The van der Waals surface area contributed by atoms with Crippen LogP contribution in [0.2, 0.25) is 0 Å². The van der Waals surface area contributed by atoms with E-state index in [0.29, 0.717) is 23.0 Å². The Morgan fingerprint density at radius 1 is 0.522 bits per heavy atom. The molecule has 0 spiro atoms. The second-order valence-corrected chi connectivity index (χ2v) is 11.0. The third kappa shape index (κ3) is 7.37. The Kier molecular flexibility index (Phi) is 9.57. The van der Waals surface area contributed by atoms with Crippen LogP contribution in [0, 0.1) is 0 Å². The fourth-order valence-corrected chi connectivity index (χ4v) is 5.32. The molecular weight excluding hydrogens is 584 g/mol. The van der Waals surface area contributed by atoms with Crippen LogP contribution in [0.15, 0.2) is 109 Å². The predicted octanol–water partition coefficient (Wildman–Crippen LogP) is 8.06. The number of rotatable bonds is 14. The quantitative estimate of drug-likeness (QED) is 0.0524. The van der Waals surface area contributed by atoms with Crippen molar-refractivity contribution in [2.45, 2.75) is 38.9 Å². The molecule has 0 aromatic heterocycles. The molecule has 0 aliphatic rings. The molecular formula is C38H34O8. The van der Waals surface area contributed by atoms with E-state index in [1.807, 2.05) is 104 Å². The average Bonchev–Trinajstić information content (AvgIpc) is 3.05. The number of ether oxygens (including phenoxy) is 6. The van der Waals surface area contributed by atoms with Crippen LogP contribution in [0.4, 0.5) is 0 Å². The second kappa shape index (κ2) is 14.3. The van der Waals surface area contributed by atoms with Gasteiger partial charge in [-0.05, 0) is 73.2 Å². The maximum Gasteiger partial charge on any atom is 0.313 e. The van der Waals surface area contributed by atoms with Gasteiger partial charge in [0.2, 0.25) is 0 Å². The molecule has 2 atom stereocenters. The van der Waals surface area contributed by atoms with Crippen LogP contribution < -0.4 is 18.9 Å². The Labute approximate surface area is 266 Å². The van der Waals surface area contributed by atoms with Crippen LogP contribution in [0.1, 0.15) is 26.7 Å². The van der Waals surface area contributed by atoms with Crippen LogP contribution in [0.25, 0.3) is 32.3 Å². The maximum atomic E-state index is 12.9.